The number of hydrogen-bond donors (Lipinski definition) is 0. The van der Waals surface area contributed by atoms with E-state index < -0.39 is 9.84 Å². The van der Waals surface area contributed by atoms with Crippen LogP contribution < -0.4 is 0 Å². The first-order valence-electron chi connectivity index (χ1n) is 5.12. The van der Waals surface area contributed by atoms with E-state index >= 15 is 0 Å². The van der Waals surface area contributed by atoms with Crippen molar-refractivity contribution in [3.8, 4) is 0 Å². The molecular formula is C11H14BrClO2S. The standard InChI is InChI=1S/C11H14BrClO2S/c1-3-8(4-2)16(14,15)9-5-6-10(12)11(13)7-9/h5-8H,3-4H2,1-2H3. The molecule has 0 unspecified atom stereocenters. The van der Waals surface area contributed by atoms with E-state index in [9.17, 15) is 8.42 Å². The van der Waals surface area contributed by atoms with Crippen LogP contribution in [0.2, 0.25) is 5.02 Å². The Labute approximate surface area is 110 Å². The maximum absolute atomic E-state index is 12.2. The van der Waals surface area contributed by atoms with Gasteiger partial charge in [-0.25, -0.2) is 8.42 Å². The third-order valence-electron chi connectivity index (χ3n) is 2.57. The molecule has 0 saturated carbocycles. The van der Waals surface area contributed by atoms with Crippen LogP contribution in [-0.4, -0.2) is 13.7 Å². The van der Waals surface area contributed by atoms with Crippen molar-refractivity contribution < 1.29 is 8.42 Å². The molecule has 2 nitrogen and oxygen atoms in total. The highest BCUT2D eigenvalue weighted by Gasteiger charge is 2.24. The molecule has 0 amide bonds. The Hall–Kier alpha value is -0.0600. The van der Waals surface area contributed by atoms with Gasteiger partial charge in [0.05, 0.1) is 15.2 Å². The first kappa shape index (κ1) is 14.0. The van der Waals surface area contributed by atoms with Gasteiger partial charge in [-0.2, -0.15) is 0 Å². The van der Waals surface area contributed by atoms with Gasteiger partial charge in [0.25, 0.3) is 0 Å². The molecule has 0 bridgehead atoms. The van der Waals surface area contributed by atoms with Crippen LogP contribution in [0.4, 0.5) is 0 Å². The van der Waals surface area contributed by atoms with Crippen LogP contribution in [-0.2, 0) is 9.84 Å². The number of rotatable bonds is 4. The fourth-order valence-corrected chi connectivity index (χ4v) is 3.87. The van der Waals surface area contributed by atoms with E-state index in [1.807, 2.05) is 13.8 Å². The minimum absolute atomic E-state index is 0.300. The second-order valence-electron chi connectivity index (χ2n) is 3.56. The van der Waals surface area contributed by atoms with Crippen LogP contribution >= 0.6 is 27.5 Å². The molecule has 1 aromatic carbocycles. The molecule has 0 aromatic heterocycles. The average Bonchev–Trinajstić information content (AvgIpc) is 2.23. The second kappa shape index (κ2) is 5.52. The number of halogens is 2. The molecular weight excluding hydrogens is 312 g/mol. The number of benzene rings is 1. The van der Waals surface area contributed by atoms with Crippen molar-refractivity contribution in [2.45, 2.75) is 36.8 Å². The molecule has 0 atom stereocenters. The molecule has 1 aromatic rings. The maximum atomic E-state index is 12.2. The predicted molar refractivity (Wildman–Crippen MR) is 70.7 cm³/mol. The highest BCUT2D eigenvalue weighted by atomic mass is 79.9. The van der Waals surface area contributed by atoms with Gasteiger partial charge < -0.3 is 0 Å². The van der Waals surface area contributed by atoms with Gasteiger partial charge in [-0.05, 0) is 47.0 Å². The van der Waals surface area contributed by atoms with Crippen LogP contribution in [0.25, 0.3) is 0 Å². The van der Waals surface area contributed by atoms with Crippen molar-refractivity contribution in [3.05, 3.63) is 27.7 Å². The van der Waals surface area contributed by atoms with Crippen molar-refractivity contribution in [2.75, 3.05) is 0 Å². The summed E-state index contributed by atoms with van der Waals surface area (Å²) in [6.07, 6.45) is 1.24. The van der Waals surface area contributed by atoms with Gasteiger partial charge >= 0.3 is 0 Å². The third kappa shape index (κ3) is 2.79. The minimum atomic E-state index is -3.25. The van der Waals surface area contributed by atoms with E-state index in [-0.39, 0.29) is 5.25 Å². The molecule has 5 heteroatoms. The highest BCUT2D eigenvalue weighted by molar-refractivity contribution is 9.10. The van der Waals surface area contributed by atoms with Crippen LogP contribution in [0.3, 0.4) is 0 Å². The Morgan fingerprint density at radius 3 is 2.31 bits per heavy atom. The van der Waals surface area contributed by atoms with E-state index in [4.69, 9.17) is 11.6 Å². The van der Waals surface area contributed by atoms with Crippen molar-refractivity contribution >= 4 is 37.4 Å². The van der Waals surface area contributed by atoms with E-state index in [2.05, 4.69) is 15.9 Å². The zero-order chi connectivity index (χ0) is 12.3. The summed E-state index contributed by atoms with van der Waals surface area (Å²) in [4.78, 5) is 0.300. The molecule has 1 rings (SSSR count). The molecule has 0 saturated heterocycles. The fraction of sp³-hybridized carbons (Fsp3) is 0.455. The molecule has 0 N–H and O–H groups in total. The monoisotopic (exact) mass is 324 g/mol. The summed E-state index contributed by atoms with van der Waals surface area (Å²) in [5.41, 5.74) is 0. The molecule has 16 heavy (non-hydrogen) atoms. The zero-order valence-electron chi connectivity index (χ0n) is 9.20. The number of sulfone groups is 1. The normalized spacial score (nSPS) is 12.1. The lowest BCUT2D eigenvalue weighted by Crippen LogP contribution is -2.19. The van der Waals surface area contributed by atoms with Gasteiger partial charge in [0, 0.05) is 4.47 Å². The molecule has 0 aliphatic rings. The SMILES string of the molecule is CCC(CC)S(=O)(=O)c1ccc(Br)c(Cl)c1. The first-order valence-corrected chi connectivity index (χ1v) is 7.84. The molecule has 0 aliphatic heterocycles. The Morgan fingerprint density at radius 1 is 1.31 bits per heavy atom. The van der Waals surface area contributed by atoms with Crippen LogP contribution in [0.1, 0.15) is 26.7 Å². The fourth-order valence-electron chi connectivity index (χ4n) is 1.57. The maximum Gasteiger partial charge on any atom is 0.181 e. The molecule has 0 heterocycles. The highest BCUT2D eigenvalue weighted by Crippen LogP contribution is 2.28. The summed E-state index contributed by atoms with van der Waals surface area (Å²) in [6, 6.07) is 4.75. The molecule has 0 aliphatic carbocycles. The predicted octanol–water partition coefficient (Wildman–Crippen LogP) is 4.06. The van der Waals surface area contributed by atoms with E-state index in [0.29, 0.717) is 27.2 Å². The summed E-state index contributed by atoms with van der Waals surface area (Å²) in [5, 5.41) is 0.0942. The van der Waals surface area contributed by atoms with Crippen molar-refractivity contribution in [1.29, 1.82) is 0 Å². The molecule has 90 valence electrons. The summed E-state index contributed by atoms with van der Waals surface area (Å²) in [5.74, 6) is 0. The smallest absolute Gasteiger partial charge is 0.181 e. The van der Waals surface area contributed by atoms with Gasteiger partial charge in [-0.3, -0.25) is 0 Å². The average molecular weight is 326 g/mol. The Kier molecular flexibility index (Phi) is 4.83. The lowest BCUT2D eigenvalue weighted by atomic mass is 10.3. The third-order valence-corrected chi connectivity index (χ3v) is 6.26. The number of hydrogen-bond acceptors (Lipinski definition) is 2. The second-order valence-corrected chi connectivity index (χ2v) is 7.05. The summed E-state index contributed by atoms with van der Waals surface area (Å²) in [6.45, 7) is 3.76. The van der Waals surface area contributed by atoms with Gasteiger partial charge in [0.15, 0.2) is 9.84 Å². The van der Waals surface area contributed by atoms with E-state index in [0.717, 1.165) is 0 Å². The summed E-state index contributed by atoms with van der Waals surface area (Å²) >= 11 is 9.14. The van der Waals surface area contributed by atoms with Crippen LogP contribution in [0, 0.1) is 0 Å². The Bertz CT molecular complexity index is 467. The first-order chi connectivity index (χ1) is 7.43. The van der Waals surface area contributed by atoms with Gasteiger partial charge in [0.2, 0.25) is 0 Å². The minimum Gasteiger partial charge on any atom is -0.223 e. The molecule has 0 spiro atoms. The zero-order valence-corrected chi connectivity index (χ0v) is 12.4. The van der Waals surface area contributed by atoms with E-state index in [1.54, 1.807) is 12.1 Å². The van der Waals surface area contributed by atoms with Gasteiger partial charge in [-0.15, -0.1) is 0 Å². The van der Waals surface area contributed by atoms with Crippen molar-refractivity contribution in [3.63, 3.8) is 0 Å². The van der Waals surface area contributed by atoms with E-state index in [1.165, 1.54) is 6.07 Å². The largest absolute Gasteiger partial charge is 0.223 e. The van der Waals surface area contributed by atoms with Gasteiger partial charge in [0.1, 0.15) is 0 Å². The summed E-state index contributed by atoms with van der Waals surface area (Å²) in [7, 11) is -3.25. The summed E-state index contributed by atoms with van der Waals surface area (Å²) < 4.78 is 25.1. The molecule has 0 radical (unpaired) electrons. The van der Waals surface area contributed by atoms with Crippen molar-refractivity contribution in [2.24, 2.45) is 0 Å². The molecule has 0 fully saturated rings. The van der Waals surface area contributed by atoms with Crippen LogP contribution in [0.15, 0.2) is 27.6 Å². The lowest BCUT2D eigenvalue weighted by Gasteiger charge is -2.14. The Morgan fingerprint density at radius 2 is 1.88 bits per heavy atom. The topological polar surface area (TPSA) is 34.1 Å². The lowest BCUT2D eigenvalue weighted by molar-refractivity contribution is 0.571. The quantitative estimate of drug-likeness (QED) is 0.836. The van der Waals surface area contributed by atoms with Crippen LogP contribution in [0.5, 0.6) is 0 Å². The Balaban J connectivity index is 3.22. The van der Waals surface area contributed by atoms with Crippen molar-refractivity contribution in [1.82, 2.24) is 0 Å². The van der Waals surface area contributed by atoms with Gasteiger partial charge in [-0.1, -0.05) is 25.4 Å².